The van der Waals surface area contributed by atoms with Gasteiger partial charge < -0.3 is 14.6 Å². The van der Waals surface area contributed by atoms with E-state index in [1.165, 1.54) is 0 Å². The SMILES string of the molecule is O=C(O)CC/C=C/c1ccc2c(c1)OCCO2. The van der Waals surface area contributed by atoms with Crippen molar-refractivity contribution in [1.29, 1.82) is 0 Å². The first-order valence-corrected chi connectivity index (χ1v) is 5.54. The van der Waals surface area contributed by atoms with E-state index in [1.807, 2.05) is 30.4 Å². The second-order valence-electron chi connectivity index (χ2n) is 3.74. The van der Waals surface area contributed by atoms with Crippen LogP contribution in [0.15, 0.2) is 24.3 Å². The van der Waals surface area contributed by atoms with Crippen LogP contribution in [0.3, 0.4) is 0 Å². The van der Waals surface area contributed by atoms with Crippen molar-refractivity contribution in [3.05, 3.63) is 29.8 Å². The Labute approximate surface area is 99.5 Å². The van der Waals surface area contributed by atoms with Crippen molar-refractivity contribution in [2.45, 2.75) is 12.8 Å². The number of carboxylic acid groups (broad SMARTS) is 1. The minimum absolute atomic E-state index is 0.154. The summed E-state index contributed by atoms with van der Waals surface area (Å²) in [7, 11) is 0. The molecule has 0 aliphatic carbocycles. The van der Waals surface area contributed by atoms with E-state index in [-0.39, 0.29) is 6.42 Å². The second kappa shape index (κ2) is 5.39. The largest absolute Gasteiger partial charge is 0.486 e. The molecule has 1 aliphatic rings. The summed E-state index contributed by atoms with van der Waals surface area (Å²) < 4.78 is 10.9. The lowest BCUT2D eigenvalue weighted by Gasteiger charge is -2.18. The fourth-order valence-corrected chi connectivity index (χ4v) is 1.59. The van der Waals surface area contributed by atoms with Crippen molar-refractivity contribution < 1.29 is 19.4 Å². The highest BCUT2D eigenvalue weighted by Crippen LogP contribution is 2.31. The lowest BCUT2D eigenvalue weighted by atomic mass is 10.1. The van der Waals surface area contributed by atoms with Crippen molar-refractivity contribution >= 4 is 12.0 Å². The van der Waals surface area contributed by atoms with Crippen LogP contribution in [0.1, 0.15) is 18.4 Å². The fourth-order valence-electron chi connectivity index (χ4n) is 1.59. The van der Waals surface area contributed by atoms with Crippen LogP contribution >= 0.6 is 0 Å². The Kier molecular flexibility index (Phi) is 3.65. The van der Waals surface area contributed by atoms with E-state index >= 15 is 0 Å². The van der Waals surface area contributed by atoms with Gasteiger partial charge in [-0.25, -0.2) is 0 Å². The molecule has 1 aromatic carbocycles. The van der Waals surface area contributed by atoms with E-state index < -0.39 is 5.97 Å². The van der Waals surface area contributed by atoms with Gasteiger partial charge in [-0.05, 0) is 24.1 Å². The lowest BCUT2D eigenvalue weighted by molar-refractivity contribution is -0.136. The van der Waals surface area contributed by atoms with Crippen LogP contribution in [-0.2, 0) is 4.79 Å². The molecule has 0 unspecified atom stereocenters. The highest BCUT2D eigenvalue weighted by atomic mass is 16.6. The molecule has 0 amide bonds. The van der Waals surface area contributed by atoms with Gasteiger partial charge in [0.25, 0.3) is 0 Å². The van der Waals surface area contributed by atoms with Gasteiger partial charge in [-0.1, -0.05) is 18.2 Å². The van der Waals surface area contributed by atoms with Crippen molar-refractivity contribution in [3.8, 4) is 11.5 Å². The van der Waals surface area contributed by atoms with Crippen LogP contribution in [0.4, 0.5) is 0 Å². The van der Waals surface area contributed by atoms with Gasteiger partial charge in [-0.15, -0.1) is 0 Å². The van der Waals surface area contributed by atoms with Gasteiger partial charge in [-0.3, -0.25) is 4.79 Å². The minimum atomic E-state index is -0.781. The van der Waals surface area contributed by atoms with Gasteiger partial charge in [0.05, 0.1) is 0 Å². The van der Waals surface area contributed by atoms with Crippen molar-refractivity contribution in [2.75, 3.05) is 13.2 Å². The summed E-state index contributed by atoms with van der Waals surface area (Å²) in [5, 5.41) is 8.50. The lowest BCUT2D eigenvalue weighted by Crippen LogP contribution is -2.15. The third-order valence-corrected chi connectivity index (χ3v) is 2.40. The van der Waals surface area contributed by atoms with Crippen molar-refractivity contribution in [3.63, 3.8) is 0 Å². The Hall–Kier alpha value is -1.97. The third kappa shape index (κ3) is 3.24. The van der Waals surface area contributed by atoms with E-state index in [2.05, 4.69) is 0 Å². The number of aliphatic carboxylic acids is 1. The van der Waals surface area contributed by atoms with Gasteiger partial charge in [-0.2, -0.15) is 0 Å². The summed E-state index contributed by atoms with van der Waals surface area (Å²) in [5.41, 5.74) is 0.986. The molecule has 0 radical (unpaired) electrons. The molecule has 1 heterocycles. The minimum Gasteiger partial charge on any atom is -0.486 e. The molecule has 0 saturated carbocycles. The first-order valence-electron chi connectivity index (χ1n) is 5.54. The van der Waals surface area contributed by atoms with Crippen LogP contribution in [0, 0.1) is 0 Å². The fraction of sp³-hybridized carbons (Fsp3) is 0.308. The smallest absolute Gasteiger partial charge is 0.303 e. The van der Waals surface area contributed by atoms with Crippen LogP contribution in [0.5, 0.6) is 11.5 Å². The zero-order chi connectivity index (χ0) is 12.1. The molecule has 0 saturated heterocycles. The van der Waals surface area contributed by atoms with Gasteiger partial charge in [0.2, 0.25) is 0 Å². The number of rotatable bonds is 4. The molecule has 0 fully saturated rings. The molecule has 1 aliphatic heterocycles. The molecule has 4 nitrogen and oxygen atoms in total. The number of benzene rings is 1. The zero-order valence-corrected chi connectivity index (χ0v) is 9.39. The quantitative estimate of drug-likeness (QED) is 0.868. The molecule has 1 aromatic rings. The second-order valence-corrected chi connectivity index (χ2v) is 3.74. The molecule has 0 atom stereocenters. The topological polar surface area (TPSA) is 55.8 Å². The number of allylic oxidation sites excluding steroid dienone is 1. The molecule has 0 aromatic heterocycles. The Bertz CT molecular complexity index is 437. The average Bonchev–Trinajstić information content (AvgIpc) is 2.34. The summed E-state index contributed by atoms with van der Waals surface area (Å²) in [5.74, 6) is 0.729. The number of carbonyl (C=O) groups is 1. The van der Waals surface area contributed by atoms with Gasteiger partial charge in [0, 0.05) is 6.42 Å². The van der Waals surface area contributed by atoms with E-state index in [4.69, 9.17) is 14.6 Å². The predicted molar refractivity (Wildman–Crippen MR) is 63.3 cm³/mol. The monoisotopic (exact) mass is 234 g/mol. The predicted octanol–water partition coefficient (Wildman–Crippen LogP) is 2.34. The van der Waals surface area contributed by atoms with Gasteiger partial charge in [0.1, 0.15) is 13.2 Å². The highest BCUT2D eigenvalue weighted by molar-refractivity contribution is 5.67. The van der Waals surface area contributed by atoms with Crippen LogP contribution in [-0.4, -0.2) is 24.3 Å². The number of carboxylic acids is 1. The summed E-state index contributed by atoms with van der Waals surface area (Å²) in [4.78, 5) is 10.3. The first-order chi connectivity index (χ1) is 8.25. The maximum Gasteiger partial charge on any atom is 0.303 e. The Balaban J connectivity index is 1.99. The maximum atomic E-state index is 10.3. The summed E-state index contributed by atoms with van der Waals surface area (Å²) in [6, 6.07) is 5.68. The number of ether oxygens (including phenoxy) is 2. The summed E-state index contributed by atoms with van der Waals surface area (Å²) >= 11 is 0. The molecule has 1 N–H and O–H groups in total. The number of hydrogen-bond donors (Lipinski definition) is 1. The normalized spacial score (nSPS) is 13.9. The zero-order valence-electron chi connectivity index (χ0n) is 9.39. The highest BCUT2D eigenvalue weighted by Gasteiger charge is 2.10. The molecule has 4 heteroatoms. The van der Waals surface area contributed by atoms with E-state index in [0.29, 0.717) is 19.6 Å². The number of hydrogen-bond acceptors (Lipinski definition) is 3. The van der Waals surface area contributed by atoms with E-state index in [0.717, 1.165) is 17.1 Å². The molecular formula is C13H14O4. The van der Waals surface area contributed by atoms with Crippen LogP contribution in [0.2, 0.25) is 0 Å². The molecule has 2 rings (SSSR count). The van der Waals surface area contributed by atoms with E-state index in [9.17, 15) is 4.79 Å². The summed E-state index contributed by atoms with van der Waals surface area (Å²) in [6.07, 6.45) is 4.42. The summed E-state index contributed by atoms with van der Waals surface area (Å²) in [6.45, 7) is 1.15. The molecular weight excluding hydrogens is 220 g/mol. The Morgan fingerprint density at radius 3 is 2.82 bits per heavy atom. The molecule has 0 spiro atoms. The maximum absolute atomic E-state index is 10.3. The average molecular weight is 234 g/mol. The standard InChI is InChI=1S/C13H14O4/c14-13(15)4-2-1-3-10-5-6-11-12(9-10)17-8-7-16-11/h1,3,5-6,9H,2,4,7-8H2,(H,14,15)/b3-1+. The molecule has 90 valence electrons. The van der Waals surface area contributed by atoms with Crippen molar-refractivity contribution in [2.24, 2.45) is 0 Å². The van der Waals surface area contributed by atoms with E-state index in [1.54, 1.807) is 0 Å². The van der Waals surface area contributed by atoms with Crippen molar-refractivity contribution in [1.82, 2.24) is 0 Å². The Morgan fingerprint density at radius 1 is 1.29 bits per heavy atom. The third-order valence-electron chi connectivity index (χ3n) is 2.40. The van der Waals surface area contributed by atoms with Crippen LogP contribution in [0.25, 0.3) is 6.08 Å². The van der Waals surface area contributed by atoms with Crippen LogP contribution < -0.4 is 9.47 Å². The van der Waals surface area contributed by atoms with Gasteiger partial charge in [0.15, 0.2) is 11.5 Å². The number of fused-ring (bicyclic) bond motifs is 1. The first kappa shape index (κ1) is 11.5. The molecule has 0 bridgehead atoms. The Morgan fingerprint density at radius 2 is 2.06 bits per heavy atom. The molecule has 17 heavy (non-hydrogen) atoms. The van der Waals surface area contributed by atoms with Gasteiger partial charge >= 0.3 is 5.97 Å².